The van der Waals surface area contributed by atoms with E-state index in [2.05, 4.69) is 12.6 Å². The van der Waals surface area contributed by atoms with E-state index in [4.69, 9.17) is 23.2 Å². The highest BCUT2D eigenvalue weighted by Crippen LogP contribution is 2.00. The largest absolute Gasteiger partial charge is 0.117 e. The Morgan fingerprint density at radius 1 is 1.60 bits per heavy atom. The number of halogens is 2. The lowest BCUT2D eigenvalue weighted by Crippen LogP contribution is -1.82. The van der Waals surface area contributed by atoms with Gasteiger partial charge in [-0.3, -0.25) is 0 Å². The summed E-state index contributed by atoms with van der Waals surface area (Å²) in [4.78, 5) is -0.356. The standard InChI is InChI=1S/C2H3Cl2S/c3-2(4)1-5/h2H,1H2. The van der Waals surface area contributed by atoms with Crippen molar-refractivity contribution in [1.29, 1.82) is 0 Å². The van der Waals surface area contributed by atoms with E-state index in [-0.39, 0.29) is 4.84 Å². The molecule has 0 aromatic rings. The van der Waals surface area contributed by atoms with Gasteiger partial charge < -0.3 is 0 Å². The van der Waals surface area contributed by atoms with Crippen LogP contribution in [0.15, 0.2) is 0 Å². The van der Waals surface area contributed by atoms with E-state index in [9.17, 15) is 0 Å². The lowest BCUT2D eigenvalue weighted by atomic mass is 10.9. The molecule has 0 nitrogen and oxygen atoms in total. The van der Waals surface area contributed by atoms with Gasteiger partial charge in [0.2, 0.25) is 0 Å². The maximum absolute atomic E-state index is 5.12. The summed E-state index contributed by atoms with van der Waals surface area (Å²) in [7, 11) is 0. The summed E-state index contributed by atoms with van der Waals surface area (Å²) in [5.41, 5.74) is 0. The number of alkyl halides is 2. The normalized spacial score (nSPS) is 9.60. The van der Waals surface area contributed by atoms with Crippen LogP contribution < -0.4 is 0 Å². The van der Waals surface area contributed by atoms with Gasteiger partial charge >= 0.3 is 0 Å². The Balaban J connectivity index is 2.54. The molecule has 31 valence electrons. The third-order valence-electron chi connectivity index (χ3n) is 0.126. The Hall–Kier alpha value is 0.930. The van der Waals surface area contributed by atoms with E-state index in [0.717, 1.165) is 0 Å². The highest BCUT2D eigenvalue weighted by Gasteiger charge is 1.88. The van der Waals surface area contributed by atoms with Crippen LogP contribution >= 0.6 is 35.8 Å². The van der Waals surface area contributed by atoms with Crippen molar-refractivity contribution >= 4 is 35.8 Å². The third-order valence-corrected chi connectivity index (χ3v) is 1.13. The van der Waals surface area contributed by atoms with E-state index in [0.29, 0.717) is 5.75 Å². The summed E-state index contributed by atoms with van der Waals surface area (Å²) in [5, 5.41) is 0. The highest BCUT2D eigenvalue weighted by molar-refractivity contribution is 7.80. The van der Waals surface area contributed by atoms with E-state index in [1.54, 1.807) is 0 Å². The van der Waals surface area contributed by atoms with E-state index in [1.807, 2.05) is 0 Å². The lowest BCUT2D eigenvalue weighted by molar-refractivity contribution is 1.42. The van der Waals surface area contributed by atoms with Crippen molar-refractivity contribution in [3.63, 3.8) is 0 Å². The van der Waals surface area contributed by atoms with Crippen molar-refractivity contribution in [2.45, 2.75) is 4.84 Å². The smallest absolute Gasteiger partial charge is 0.104 e. The molecule has 3 heteroatoms. The van der Waals surface area contributed by atoms with Gasteiger partial charge in [0.1, 0.15) is 4.84 Å². The number of hydrogen-bond donors (Lipinski definition) is 0. The maximum atomic E-state index is 5.12. The van der Waals surface area contributed by atoms with Crippen LogP contribution in [-0.4, -0.2) is 10.6 Å². The van der Waals surface area contributed by atoms with E-state index >= 15 is 0 Å². The van der Waals surface area contributed by atoms with Crippen LogP contribution in [0.25, 0.3) is 0 Å². The first kappa shape index (κ1) is 5.93. The summed E-state index contributed by atoms with van der Waals surface area (Å²) in [5.74, 6) is 0.420. The van der Waals surface area contributed by atoms with Crippen molar-refractivity contribution < 1.29 is 0 Å². The molecular formula is C2H3Cl2S. The molecule has 0 heterocycles. The summed E-state index contributed by atoms with van der Waals surface area (Å²) >= 11 is 14.7. The van der Waals surface area contributed by atoms with Crippen molar-refractivity contribution in [1.82, 2.24) is 0 Å². The monoisotopic (exact) mass is 129 g/mol. The van der Waals surface area contributed by atoms with Gasteiger partial charge in [0, 0.05) is 5.75 Å². The second-order valence-electron chi connectivity index (χ2n) is 0.558. The molecule has 0 unspecified atom stereocenters. The Labute approximate surface area is 46.9 Å². The topological polar surface area (TPSA) is 0 Å². The molecule has 0 saturated carbocycles. The highest BCUT2D eigenvalue weighted by atomic mass is 35.5. The first-order valence-electron chi connectivity index (χ1n) is 1.13. The summed E-state index contributed by atoms with van der Waals surface area (Å²) in [6, 6.07) is 0. The molecule has 1 radical (unpaired) electrons. The average Bonchev–Trinajstić information content (AvgIpc) is 1.38. The van der Waals surface area contributed by atoms with Crippen molar-refractivity contribution in [2.75, 3.05) is 5.75 Å². The zero-order valence-electron chi connectivity index (χ0n) is 2.45. The minimum atomic E-state index is -0.356. The minimum Gasteiger partial charge on any atom is -0.104 e. The predicted octanol–water partition coefficient (Wildman–Crippen LogP) is 1.99. The third kappa shape index (κ3) is 4.93. The molecular weight excluding hydrogens is 127 g/mol. The van der Waals surface area contributed by atoms with Crippen molar-refractivity contribution in [3.05, 3.63) is 0 Å². The van der Waals surface area contributed by atoms with Gasteiger partial charge in [-0.15, -0.1) is 23.2 Å². The first-order chi connectivity index (χ1) is 2.27. The molecule has 0 fully saturated rings. The van der Waals surface area contributed by atoms with E-state index < -0.39 is 0 Å². The second kappa shape index (κ2) is 3.13. The second-order valence-corrected chi connectivity index (χ2v) is 2.17. The first-order valence-corrected chi connectivity index (χ1v) is 2.58. The molecule has 0 rings (SSSR count). The molecule has 0 aliphatic carbocycles. The number of rotatable bonds is 1. The molecule has 0 N–H and O–H groups in total. The van der Waals surface area contributed by atoms with Gasteiger partial charge in [0.05, 0.1) is 0 Å². The molecule has 0 amide bonds. The summed E-state index contributed by atoms with van der Waals surface area (Å²) < 4.78 is 0. The molecule has 5 heavy (non-hydrogen) atoms. The minimum absolute atomic E-state index is 0.356. The van der Waals surface area contributed by atoms with E-state index in [1.165, 1.54) is 0 Å². The average molecular weight is 130 g/mol. The SMILES string of the molecule is [S]CC(Cl)Cl. The quantitative estimate of drug-likeness (QED) is 0.476. The van der Waals surface area contributed by atoms with Crippen LogP contribution in [0.3, 0.4) is 0 Å². The Morgan fingerprint density at radius 3 is 1.80 bits per heavy atom. The van der Waals surface area contributed by atoms with Gasteiger partial charge in [-0.05, 0) is 0 Å². The van der Waals surface area contributed by atoms with Crippen LogP contribution in [-0.2, 0) is 0 Å². The van der Waals surface area contributed by atoms with Crippen LogP contribution in [0.5, 0.6) is 0 Å². The molecule has 0 spiro atoms. The lowest BCUT2D eigenvalue weighted by Gasteiger charge is -1.82. The summed E-state index contributed by atoms with van der Waals surface area (Å²) in [6.45, 7) is 0. The van der Waals surface area contributed by atoms with Gasteiger partial charge in [-0.2, -0.15) is 0 Å². The maximum Gasteiger partial charge on any atom is 0.117 e. The molecule has 0 bridgehead atoms. The molecule has 0 atom stereocenters. The zero-order valence-corrected chi connectivity index (χ0v) is 4.78. The Bertz CT molecular complexity index is 21.6. The fraction of sp³-hybridized carbons (Fsp3) is 1.00. The zero-order chi connectivity index (χ0) is 4.28. The van der Waals surface area contributed by atoms with Gasteiger partial charge in [-0.1, -0.05) is 12.6 Å². The fourth-order valence-electron chi connectivity index (χ4n) is 0. The van der Waals surface area contributed by atoms with Crippen LogP contribution in [0, 0.1) is 0 Å². The fourth-order valence-corrected chi connectivity index (χ4v) is 0. The van der Waals surface area contributed by atoms with Crippen LogP contribution in [0.4, 0.5) is 0 Å². The molecule has 0 aromatic carbocycles. The van der Waals surface area contributed by atoms with Crippen molar-refractivity contribution in [2.24, 2.45) is 0 Å². The van der Waals surface area contributed by atoms with Gasteiger partial charge in [0.25, 0.3) is 0 Å². The van der Waals surface area contributed by atoms with Crippen LogP contribution in [0.1, 0.15) is 0 Å². The summed E-state index contributed by atoms with van der Waals surface area (Å²) in [6.07, 6.45) is 0. The molecule has 0 saturated heterocycles. The van der Waals surface area contributed by atoms with Crippen molar-refractivity contribution in [3.8, 4) is 0 Å². The molecule has 0 aliphatic rings. The molecule has 0 aliphatic heterocycles. The van der Waals surface area contributed by atoms with Gasteiger partial charge in [-0.25, -0.2) is 0 Å². The Morgan fingerprint density at radius 2 is 1.80 bits per heavy atom. The number of hydrogen-bond acceptors (Lipinski definition) is 0. The van der Waals surface area contributed by atoms with Gasteiger partial charge in [0.15, 0.2) is 0 Å². The predicted molar refractivity (Wildman–Crippen MR) is 28.0 cm³/mol. The molecule has 0 aromatic heterocycles. The Kier molecular flexibility index (Phi) is 3.72. The van der Waals surface area contributed by atoms with Crippen LogP contribution in [0.2, 0.25) is 0 Å².